The highest BCUT2D eigenvalue weighted by Crippen LogP contribution is 2.45. The van der Waals surface area contributed by atoms with Crippen LogP contribution in [0.2, 0.25) is 23.7 Å². The Kier molecular flexibility index (Phi) is 11.5. The minimum atomic E-state index is -1.84. The molecule has 25 heavy (non-hydrogen) atoms. The summed E-state index contributed by atoms with van der Waals surface area (Å²) in [6.07, 6.45) is 2.72. The van der Waals surface area contributed by atoms with Gasteiger partial charge in [-0.1, -0.05) is 39.4 Å². The molecule has 0 aromatic carbocycles. The molecule has 1 atom stereocenters. The van der Waals surface area contributed by atoms with Gasteiger partial charge in [-0.3, -0.25) is 0 Å². The Hall–Kier alpha value is -1.94. The lowest BCUT2D eigenvalue weighted by molar-refractivity contribution is 0.706. The molecule has 0 radical (unpaired) electrons. The Balaban J connectivity index is 5.62. The molecule has 0 fully saturated rings. The van der Waals surface area contributed by atoms with Crippen molar-refractivity contribution in [1.82, 2.24) is 0 Å². The second kappa shape index (κ2) is 12.4. The molecular weight excluding hydrogens is 328 g/mol. The predicted octanol–water partition coefficient (Wildman–Crippen LogP) is 7.32. The highest BCUT2D eigenvalue weighted by atomic mass is 28.3. The minimum Gasteiger partial charge on any atom is -0.100 e. The molecule has 0 aliphatic heterocycles. The van der Waals surface area contributed by atoms with Crippen LogP contribution in [0.5, 0.6) is 0 Å². The number of hydrogen-bond donors (Lipinski definition) is 0. The molecule has 0 spiro atoms. The van der Waals surface area contributed by atoms with Crippen LogP contribution >= 0.6 is 0 Å². The number of nitrogens with zero attached hydrogens (tertiary/aromatic N) is 6. The fraction of sp³-hybridized carbons (Fsp3) is 0.667. The first kappa shape index (κ1) is 23.1. The summed E-state index contributed by atoms with van der Waals surface area (Å²) in [4.78, 5) is 5.71. The van der Waals surface area contributed by atoms with Gasteiger partial charge < -0.3 is 0 Å². The Labute approximate surface area is 153 Å². The van der Waals surface area contributed by atoms with Crippen LogP contribution in [0.3, 0.4) is 0 Å². The van der Waals surface area contributed by atoms with Crippen LogP contribution in [0.4, 0.5) is 0 Å². The molecule has 138 valence electrons. The maximum atomic E-state index is 8.54. The normalized spacial score (nSPS) is 11.8. The van der Waals surface area contributed by atoms with Gasteiger partial charge >= 0.3 is 0 Å². The third kappa shape index (κ3) is 9.20. The summed E-state index contributed by atoms with van der Waals surface area (Å²) >= 11 is 0. The number of hydrogen-bond acceptors (Lipinski definition) is 2. The monoisotopic (exact) mass is 360 g/mol. The molecule has 0 aliphatic rings. The zero-order valence-electron chi connectivity index (χ0n) is 16.0. The van der Waals surface area contributed by atoms with Crippen LogP contribution in [-0.4, -0.2) is 21.2 Å². The molecule has 0 N–H and O–H groups in total. The van der Waals surface area contributed by atoms with E-state index >= 15 is 0 Å². The van der Waals surface area contributed by atoms with E-state index in [2.05, 4.69) is 60.6 Å². The van der Waals surface area contributed by atoms with Crippen molar-refractivity contribution < 1.29 is 0 Å². The van der Waals surface area contributed by atoms with E-state index in [-0.39, 0.29) is 0 Å². The molecule has 1 unspecified atom stereocenters. The second-order valence-electron chi connectivity index (χ2n) is 7.18. The van der Waals surface area contributed by atoms with Crippen LogP contribution in [0.15, 0.2) is 46.7 Å². The summed E-state index contributed by atoms with van der Waals surface area (Å²) < 4.78 is 0. The third-order valence-electron chi connectivity index (χ3n) is 4.45. The van der Waals surface area contributed by atoms with Gasteiger partial charge in [0.05, 0.1) is 8.07 Å². The largest absolute Gasteiger partial charge is 0.100 e. The van der Waals surface area contributed by atoms with Crippen molar-refractivity contribution in [3.8, 4) is 0 Å². The van der Waals surface area contributed by atoms with Crippen molar-refractivity contribution in [3.63, 3.8) is 0 Å². The van der Waals surface area contributed by atoms with Crippen molar-refractivity contribution in [2.75, 3.05) is 13.1 Å². The van der Waals surface area contributed by atoms with Gasteiger partial charge in [-0.2, -0.15) is 0 Å². The molecule has 0 aromatic rings. The molecule has 0 aromatic heterocycles. The van der Waals surface area contributed by atoms with Crippen molar-refractivity contribution in [1.29, 1.82) is 0 Å². The average Bonchev–Trinajstić information content (AvgIpc) is 2.49. The van der Waals surface area contributed by atoms with E-state index in [0.29, 0.717) is 18.6 Å². The van der Waals surface area contributed by atoms with Gasteiger partial charge in [0, 0.05) is 22.9 Å². The molecular formula is C18H32N6Si. The topological polar surface area (TPSA) is 97.5 Å². The molecule has 0 bridgehead atoms. The maximum Gasteiger partial charge on any atom is 0.0687 e. The fourth-order valence-corrected chi connectivity index (χ4v) is 10.3. The zero-order valence-corrected chi connectivity index (χ0v) is 17.0. The van der Waals surface area contributed by atoms with E-state index in [0.717, 1.165) is 37.4 Å². The standard InChI is InChI=1S/C18H32N6Si/c1-15(2)13-25(14-16(3)4,12-8-11-22-24-20)18(17(5)6)9-7-10-21-23-19/h18H,1,3,5,7-14H2,2,4,6H3. The van der Waals surface area contributed by atoms with Crippen molar-refractivity contribution in [3.05, 3.63) is 57.3 Å². The lowest BCUT2D eigenvalue weighted by atomic mass is 10.1. The van der Waals surface area contributed by atoms with Crippen LogP contribution in [0.25, 0.3) is 20.9 Å². The fourth-order valence-electron chi connectivity index (χ4n) is 3.89. The summed E-state index contributed by atoms with van der Waals surface area (Å²) in [7, 11) is -1.84. The number of rotatable bonds is 14. The van der Waals surface area contributed by atoms with Crippen molar-refractivity contribution in [2.45, 2.75) is 63.7 Å². The smallest absolute Gasteiger partial charge is 0.0687 e. The van der Waals surface area contributed by atoms with Gasteiger partial charge in [0.25, 0.3) is 0 Å². The minimum absolute atomic E-state index is 0.417. The van der Waals surface area contributed by atoms with E-state index in [1.807, 2.05) is 0 Å². The van der Waals surface area contributed by atoms with E-state index < -0.39 is 8.07 Å². The van der Waals surface area contributed by atoms with Gasteiger partial charge in [-0.25, -0.2) is 0 Å². The maximum absolute atomic E-state index is 8.54. The summed E-state index contributed by atoms with van der Waals surface area (Å²) in [6, 6.07) is 3.11. The van der Waals surface area contributed by atoms with Crippen LogP contribution < -0.4 is 0 Å². The average molecular weight is 361 g/mol. The summed E-state index contributed by atoms with van der Waals surface area (Å²) in [5.74, 6) is 0. The molecule has 7 heteroatoms. The first-order chi connectivity index (χ1) is 11.8. The van der Waals surface area contributed by atoms with Gasteiger partial charge in [-0.15, -0.1) is 19.7 Å². The molecule has 0 rings (SSSR count). The molecule has 0 saturated heterocycles. The SMILES string of the molecule is C=C(C)C[Si](CCCN=[N+]=[N-])(CC(=C)C)C(CCCN=[N+]=[N-])C(=C)C. The van der Waals surface area contributed by atoms with Crippen molar-refractivity contribution >= 4 is 8.07 Å². The molecule has 0 amide bonds. The van der Waals surface area contributed by atoms with Gasteiger partial charge in [0.2, 0.25) is 0 Å². The van der Waals surface area contributed by atoms with E-state index in [1.165, 1.54) is 16.7 Å². The second-order valence-corrected chi connectivity index (χ2v) is 11.8. The summed E-state index contributed by atoms with van der Waals surface area (Å²) in [5, 5.41) is 7.37. The summed E-state index contributed by atoms with van der Waals surface area (Å²) in [6.45, 7) is 19.9. The molecule has 0 aliphatic carbocycles. The highest BCUT2D eigenvalue weighted by Gasteiger charge is 2.40. The summed E-state index contributed by atoms with van der Waals surface area (Å²) in [5.41, 5.74) is 21.0. The Morgan fingerprint density at radius 2 is 1.40 bits per heavy atom. The highest BCUT2D eigenvalue weighted by molar-refractivity contribution is 6.82. The number of allylic oxidation sites excluding steroid dienone is 3. The quantitative estimate of drug-likeness (QED) is 0.0773. The van der Waals surface area contributed by atoms with E-state index in [9.17, 15) is 0 Å². The van der Waals surface area contributed by atoms with Crippen LogP contribution in [-0.2, 0) is 0 Å². The van der Waals surface area contributed by atoms with E-state index in [4.69, 9.17) is 11.1 Å². The Morgan fingerprint density at radius 3 is 1.80 bits per heavy atom. The lowest BCUT2D eigenvalue weighted by Crippen LogP contribution is -2.41. The van der Waals surface area contributed by atoms with Crippen LogP contribution in [0, 0.1) is 0 Å². The zero-order chi connectivity index (χ0) is 19.3. The third-order valence-corrected chi connectivity index (χ3v) is 10.7. The van der Waals surface area contributed by atoms with Crippen molar-refractivity contribution in [2.24, 2.45) is 10.2 Å². The first-order valence-corrected chi connectivity index (χ1v) is 11.4. The van der Waals surface area contributed by atoms with Gasteiger partial charge in [0.1, 0.15) is 0 Å². The Morgan fingerprint density at radius 1 is 0.920 bits per heavy atom. The number of azide groups is 2. The van der Waals surface area contributed by atoms with Gasteiger partial charge in [0.15, 0.2) is 0 Å². The Bertz CT molecular complexity index is 554. The first-order valence-electron chi connectivity index (χ1n) is 8.75. The molecule has 0 saturated carbocycles. The molecule has 0 heterocycles. The van der Waals surface area contributed by atoms with Gasteiger partial charge in [-0.05, 0) is 62.3 Å². The lowest BCUT2D eigenvalue weighted by Gasteiger charge is -2.41. The van der Waals surface area contributed by atoms with E-state index in [1.54, 1.807) is 0 Å². The molecule has 6 nitrogen and oxygen atoms in total. The predicted molar refractivity (Wildman–Crippen MR) is 110 cm³/mol. The van der Waals surface area contributed by atoms with Crippen LogP contribution in [0.1, 0.15) is 40.0 Å².